The van der Waals surface area contributed by atoms with Crippen LogP contribution < -0.4 is 19.5 Å². The second kappa shape index (κ2) is 8.18. The molecule has 3 atom stereocenters. The Balaban J connectivity index is 1.43. The van der Waals surface area contributed by atoms with Gasteiger partial charge in [-0.25, -0.2) is 8.42 Å². The van der Waals surface area contributed by atoms with Gasteiger partial charge in [0.25, 0.3) is 15.9 Å². The molecular formula is C22H26N2O5S. The van der Waals surface area contributed by atoms with E-state index in [2.05, 4.69) is 10.0 Å². The van der Waals surface area contributed by atoms with Crippen molar-refractivity contribution in [3.63, 3.8) is 0 Å². The van der Waals surface area contributed by atoms with Gasteiger partial charge in [0.15, 0.2) is 11.5 Å². The average molecular weight is 431 g/mol. The van der Waals surface area contributed by atoms with Gasteiger partial charge in [-0.2, -0.15) is 0 Å². The summed E-state index contributed by atoms with van der Waals surface area (Å²) >= 11 is 0. The van der Waals surface area contributed by atoms with Crippen molar-refractivity contribution < 1.29 is 22.7 Å². The molecule has 2 bridgehead atoms. The van der Waals surface area contributed by atoms with Crippen LogP contribution in [-0.2, 0) is 10.0 Å². The number of anilines is 1. The fraction of sp³-hybridized carbons (Fsp3) is 0.409. The van der Waals surface area contributed by atoms with E-state index >= 15 is 0 Å². The molecule has 0 aromatic heterocycles. The van der Waals surface area contributed by atoms with Gasteiger partial charge < -0.3 is 14.8 Å². The number of carbonyl (C=O) groups excluding carboxylic acids is 1. The predicted octanol–water partition coefficient (Wildman–Crippen LogP) is 3.42. The molecule has 7 nitrogen and oxygen atoms in total. The van der Waals surface area contributed by atoms with E-state index in [1.807, 2.05) is 0 Å². The van der Waals surface area contributed by atoms with Crippen LogP contribution in [-0.4, -0.2) is 34.6 Å². The van der Waals surface area contributed by atoms with Gasteiger partial charge in [-0.05, 0) is 67.5 Å². The number of fused-ring (bicyclic) bond motifs is 2. The molecule has 2 aromatic rings. The van der Waals surface area contributed by atoms with Crippen LogP contribution in [0.1, 0.15) is 36.0 Å². The first-order valence-electron chi connectivity index (χ1n) is 10.1. The highest BCUT2D eigenvalue weighted by Gasteiger charge is 2.40. The molecule has 2 fully saturated rings. The minimum Gasteiger partial charge on any atom is -0.493 e. The van der Waals surface area contributed by atoms with Gasteiger partial charge in [0.05, 0.1) is 19.1 Å². The summed E-state index contributed by atoms with van der Waals surface area (Å²) in [5.74, 6) is 2.03. The van der Waals surface area contributed by atoms with E-state index in [4.69, 9.17) is 9.47 Å². The highest BCUT2D eigenvalue weighted by Crippen LogP contribution is 2.44. The Morgan fingerprint density at radius 3 is 2.30 bits per heavy atom. The van der Waals surface area contributed by atoms with Gasteiger partial charge in [-0.3, -0.25) is 9.52 Å². The van der Waals surface area contributed by atoms with Crippen LogP contribution in [0, 0.1) is 11.8 Å². The molecule has 8 heteroatoms. The number of carbonyl (C=O) groups is 1. The Bertz CT molecular complexity index is 1040. The summed E-state index contributed by atoms with van der Waals surface area (Å²) in [6.45, 7) is 0. The summed E-state index contributed by atoms with van der Waals surface area (Å²) in [6.07, 6.45) is 4.78. The van der Waals surface area contributed by atoms with Crippen LogP contribution in [0.2, 0.25) is 0 Å². The van der Waals surface area contributed by atoms with Crippen molar-refractivity contribution >= 4 is 21.6 Å². The third kappa shape index (κ3) is 4.09. The average Bonchev–Trinajstić information content (AvgIpc) is 3.36. The summed E-state index contributed by atoms with van der Waals surface area (Å²) in [6, 6.07) is 11.1. The number of ether oxygens (including phenoxy) is 2. The second-order valence-corrected chi connectivity index (χ2v) is 9.64. The van der Waals surface area contributed by atoms with E-state index in [-0.39, 0.29) is 16.8 Å². The SMILES string of the molecule is COc1ccc(S(=O)(=O)Nc2ccc(C(=O)N[C@@H]3C[C@H]4CC[C@H]3C4)cc2)cc1OC. The summed E-state index contributed by atoms with van der Waals surface area (Å²) < 4.78 is 38.3. The minimum absolute atomic E-state index is 0.0539. The summed E-state index contributed by atoms with van der Waals surface area (Å²) in [5, 5.41) is 3.14. The van der Waals surface area contributed by atoms with Gasteiger partial charge in [-0.15, -0.1) is 0 Å². The van der Waals surface area contributed by atoms with Crippen molar-refractivity contribution in [2.75, 3.05) is 18.9 Å². The lowest BCUT2D eigenvalue weighted by Gasteiger charge is -2.22. The number of methoxy groups -OCH3 is 2. The molecule has 2 aliphatic rings. The van der Waals surface area contributed by atoms with Crippen molar-refractivity contribution in [2.45, 2.75) is 36.6 Å². The number of hydrogen-bond acceptors (Lipinski definition) is 5. The third-order valence-corrected chi connectivity index (χ3v) is 7.50. The molecule has 2 aliphatic carbocycles. The molecule has 0 aliphatic heterocycles. The molecule has 160 valence electrons. The van der Waals surface area contributed by atoms with E-state index in [1.165, 1.54) is 51.7 Å². The summed E-state index contributed by atoms with van der Waals surface area (Å²) in [5.41, 5.74) is 0.896. The van der Waals surface area contributed by atoms with Gasteiger partial charge in [-0.1, -0.05) is 6.42 Å². The molecule has 0 heterocycles. The number of rotatable bonds is 7. The smallest absolute Gasteiger partial charge is 0.262 e. The Kier molecular flexibility index (Phi) is 5.60. The molecule has 2 aromatic carbocycles. The predicted molar refractivity (Wildman–Crippen MR) is 113 cm³/mol. The maximum absolute atomic E-state index is 12.7. The van der Waals surface area contributed by atoms with E-state index in [0.717, 1.165) is 12.3 Å². The fourth-order valence-corrected chi connectivity index (χ4v) is 5.63. The zero-order valence-corrected chi connectivity index (χ0v) is 17.9. The molecule has 2 N–H and O–H groups in total. The van der Waals surface area contributed by atoms with Crippen LogP contribution in [0.5, 0.6) is 11.5 Å². The van der Waals surface area contributed by atoms with Crippen molar-refractivity contribution in [1.82, 2.24) is 5.32 Å². The third-order valence-electron chi connectivity index (χ3n) is 6.12. The lowest BCUT2D eigenvalue weighted by atomic mass is 9.95. The van der Waals surface area contributed by atoms with Crippen molar-refractivity contribution in [3.05, 3.63) is 48.0 Å². The largest absolute Gasteiger partial charge is 0.493 e. The first kappa shape index (κ1) is 20.5. The maximum atomic E-state index is 12.7. The zero-order valence-electron chi connectivity index (χ0n) is 17.1. The maximum Gasteiger partial charge on any atom is 0.262 e. The minimum atomic E-state index is -3.81. The lowest BCUT2D eigenvalue weighted by molar-refractivity contribution is 0.0923. The van der Waals surface area contributed by atoms with Crippen LogP contribution in [0.4, 0.5) is 5.69 Å². The first-order chi connectivity index (χ1) is 14.4. The topological polar surface area (TPSA) is 93.7 Å². The van der Waals surface area contributed by atoms with Crippen LogP contribution in [0.3, 0.4) is 0 Å². The Hall–Kier alpha value is -2.74. The number of nitrogens with one attached hydrogen (secondary N) is 2. The monoisotopic (exact) mass is 430 g/mol. The number of hydrogen-bond donors (Lipinski definition) is 2. The fourth-order valence-electron chi connectivity index (χ4n) is 4.56. The highest BCUT2D eigenvalue weighted by molar-refractivity contribution is 7.92. The molecule has 1 amide bonds. The van der Waals surface area contributed by atoms with Crippen molar-refractivity contribution in [3.8, 4) is 11.5 Å². The standard InChI is InChI=1S/C22H26N2O5S/c1-28-20-10-9-18(13-21(20)29-2)30(26,27)24-17-7-5-15(6-8-17)22(25)23-19-12-14-3-4-16(19)11-14/h5-10,13-14,16,19,24H,3-4,11-12H2,1-2H3,(H,23,25)/t14-,16-,19+/m0/s1. The summed E-state index contributed by atoms with van der Waals surface area (Å²) in [7, 11) is -0.883. The normalized spacial score (nSPS) is 22.5. The molecule has 0 unspecified atom stereocenters. The van der Waals surface area contributed by atoms with Crippen molar-refractivity contribution in [1.29, 1.82) is 0 Å². The zero-order chi connectivity index (χ0) is 21.3. The number of sulfonamides is 1. The lowest BCUT2D eigenvalue weighted by Crippen LogP contribution is -2.38. The van der Waals surface area contributed by atoms with Crippen LogP contribution in [0.15, 0.2) is 47.4 Å². The van der Waals surface area contributed by atoms with Gasteiger partial charge in [0.1, 0.15) is 0 Å². The molecule has 0 radical (unpaired) electrons. The Morgan fingerprint density at radius 1 is 0.967 bits per heavy atom. The van der Waals surface area contributed by atoms with Gasteiger partial charge in [0, 0.05) is 23.4 Å². The molecule has 2 saturated carbocycles. The van der Waals surface area contributed by atoms with E-state index in [0.29, 0.717) is 28.7 Å². The number of benzene rings is 2. The summed E-state index contributed by atoms with van der Waals surface area (Å²) in [4.78, 5) is 12.6. The first-order valence-corrected chi connectivity index (χ1v) is 11.5. The quantitative estimate of drug-likeness (QED) is 0.702. The van der Waals surface area contributed by atoms with Gasteiger partial charge in [0.2, 0.25) is 0 Å². The van der Waals surface area contributed by atoms with E-state index in [9.17, 15) is 13.2 Å². The molecule has 0 saturated heterocycles. The Labute approximate surface area is 176 Å². The molecule has 0 spiro atoms. The Morgan fingerprint density at radius 2 is 1.70 bits per heavy atom. The van der Waals surface area contributed by atoms with Crippen LogP contribution in [0.25, 0.3) is 0 Å². The van der Waals surface area contributed by atoms with E-state index < -0.39 is 10.0 Å². The highest BCUT2D eigenvalue weighted by atomic mass is 32.2. The van der Waals surface area contributed by atoms with Crippen LogP contribution >= 0.6 is 0 Å². The second-order valence-electron chi connectivity index (χ2n) is 7.95. The number of amides is 1. The molecular weight excluding hydrogens is 404 g/mol. The molecule has 4 rings (SSSR count). The molecule has 30 heavy (non-hydrogen) atoms. The van der Waals surface area contributed by atoms with Crippen molar-refractivity contribution in [2.24, 2.45) is 11.8 Å². The van der Waals surface area contributed by atoms with E-state index in [1.54, 1.807) is 24.3 Å². The van der Waals surface area contributed by atoms with Gasteiger partial charge >= 0.3 is 0 Å².